The lowest BCUT2D eigenvalue weighted by atomic mass is 9.93. The second kappa shape index (κ2) is 7.84. The van der Waals surface area contributed by atoms with Crippen molar-refractivity contribution >= 4 is 10.9 Å². The molecule has 0 bridgehead atoms. The Morgan fingerprint density at radius 1 is 1.06 bits per heavy atom. The van der Waals surface area contributed by atoms with Crippen molar-refractivity contribution in [2.24, 2.45) is 0 Å². The van der Waals surface area contributed by atoms with Crippen molar-refractivity contribution in [2.45, 2.75) is 32.4 Å². The number of hydrogen-bond donors (Lipinski definition) is 3. The maximum atomic E-state index is 13.1. The number of nitrogens with zero attached hydrogens (tertiary/aromatic N) is 2. The molecule has 2 aromatic carbocycles. The number of para-hydroxylation sites is 1. The highest BCUT2D eigenvalue weighted by atomic mass is 16.3. The van der Waals surface area contributed by atoms with Crippen molar-refractivity contribution < 1.29 is 5.11 Å². The van der Waals surface area contributed by atoms with Crippen LogP contribution < -0.4 is 11.2 Å². The molecule has 3 N–H and O–H groups in total. The maximum absolute atomic E-state index is 13.1. The van der Waals surface area contributed by atoms with Gasteiger partial charge in [0.25, 0.3) is 5.56 Å². The van der Waals surface area contributed by atoms with Crippen LogP contribution in [-0.4, -0.2) is 37.6 Å². The standard InChI is InChI=1S/C25H26N4O3/c1-3-28-14-13-18-17-11-7-8-12-19(17)26-21(18)22(28)20-23(30)27-25(32)29(24(20)31)15(2)16-9-5-4-6-10-16/h4-12,15,22,26,31H,3,13-14H2,1-2H3,(H,27,30,32)/t15-,22-/m0/s1. The van der Waals surface area contributed by atoms with Crippen LogP contribution in [-0.2, 0) is 6.42 Å². The van der Waals surface area contributed by atoms with Gasteiger partial charge in [0.1, 0.15) is 5.56 Å². The number of benzene rings is 2. The largest absolute Gasteiger partial charge is 0.494 e. The topological polar surface area (TPSA) is 94.1 Å². The number of hydrogen-bond acceptors (Lipinski definition) is 4. The van der Waals surface area contributed by atoms with Crippen LogP contribution in [0.3, 0.4) is 0 Å². The number of aromatic hydroxyl groups is 1. The Morgan fingerprint density at radius 2 is 1.78 bits per heavy atom. The molecule has 0 amide bonds. The number of aromatic nitrogens is 3. The summed E-state index contributed by atoms with van der Waals surface area (Å²) in [6.45, 7) is 5.33. The third-order valence-electron chi connectivity index (χ3n) is 6.64. The Kier molecular flexibility index (Phi) is 4.98. The molecule has 1 aliphatic rings. The van der Waals surface area contributed by atoms with Crippen molar-refractivity contribution in [3.63, 3.8) is 0 Å². The summed E-state index contributed by atoms with van der Waals surface area (Å²) < 4.78 is 1.27. The van der Waals surface area contributed by atoms with Crippen LogP contribution in [0, 0.1) is 0 Å². The Hall–Kier alpha value is -3.58. The van der Waals surface area contributed by atoms with Gasteiger partial charge in [-0.1, -0.05) is 55.5 Å². The molecule has 2 atom stereocenters. The van der Waals surface area contributed by atoms with Crippen LogP contribution in [0.15, 0.2) is 64.2 Å². The third kappa shape index (κ3) is 3.08. The molecule has 3 heterocycles. The smallest absolute Gasteiger partial charge is 0.331 e. The fourth-order valence-electron chi connectivity index (χ4n) is 5.00. The molecule has 5 rings (SSSR count). The molecular weight excluding hydrogens is 404 g/mol. The highest BCUT2D eigenvalue weighted by Crippen LogP contribution is 2.39. The van der Waals surface area contributed by atoms with Crippen LogP contribution in [0.4, 0.5) is 0 Å². The predicted octanol–water partition coefficient (Wildman–Crippen LogP) is 3.30. The summed E-state index contributed by atoms with van der Waals surface area (Å²) in [7, 11) is 0. The molecule has 4 aromatic rings. The molecule has 164 valence electrons. The lowest BCUT2D eigenvalue weighted by Gasteiger charge is -2.35. The van der Waals surface area contributed by atoms with Gasteiger partial charge in [-0.15, -0.1) is 0 Å². The van der Waals surface area contributed by atoms with Gasteiger partial charge in [0.05, 0.1) is 12.1 Å². The molecule has 0 unspecified atom stereocenters. The molecular formula is C25H26N4O3. The fourth-order valence-corrected chi connectivity index (χ4v) is 5.00. The Morgan fingerprint density at radius 3 is 2.53 bits per heavy atom. The quantitative estimate of drug-likeness (QED) is 0.463. The molecule has 0 radical (unpaired) electrons. The summed E-state index contributed by atoms with van der Waals surface area (Å²) in [6, 6.07) is 16.6. The Labute approximate surface area is 185 Å². The van der Waals surface area contributed by atoms with Gasteiger partial charge in [0.15, 0.2) is 0 Å². The van der Waals surface area contributed by atoms with Gasteiger partial charge in [-0.25, -0.2) is 4.79 Å². The lowest BCUT2D eigenvalue weighted by molar-refractivity contribution is 0.214. The van der Waals surface area contributed by atoms with E-state index in [1.165, 1.54) is 4.57 Å². The average molecular weight is 431 g/mol. The van der Waals surface area contributed by atoms with Gasteiger partial charge in [-0.05, 0) is 37.1 Å². The second-order valence-electron chi connectivity index (χ2n) is 8.30. The van der Waals surface area contributed by atoms with Gasteiger partial charge in [-0.3, -0.25) is 19.2 Å². The third-order valence-corrected chi connectivity index (χ3v) is 6.64. The van der Waals surface area contributed by atoms with E-state index in [0.717, 1.165) is 40.7 Å². The molecule has 2 aromatic heterocycles. The number of likely N-dealkylation sites (N-methyl/N-ethyl adjacent to an activating group) is 1. The minimum absolute atomic E-state index is 0.196. The summed E-state index contributed by atoms with van der Waals surface area (Å²) in [4.78, 5) is 34.0. The minimum Gasteiger partial charge on any atom is -0.494 e. The van der Waals surface area contributed by atoms with Crippen LogP contribution in [0.2, 0.25) is 0 Å². The fraction of sp³-hybridized carbons (Fsp3) is 0.280. The first-order valence-electron chi connectivity index (χ1n) is 11.0. The van der Waals surface area contributed by atoms with Gasteiger partial charge in [0, 0.05) is 23.1 Å². The van der Waals surface area contributed by atoms with E-state index in [-0.39, 0.29) is 11.4 Å². The molecule has 0 fully saturated rings. The first-order valence-corrected chi connectivity index (χ1v) is 11.0. The second-order valence-corrected chi connectivity index (χ2v) is 8.30. The zero-order valence-corrected chi connectivity index (χ0v) is 18.1. The number of nitrogens with one attached hydrogen (secondary N) is 2. The van der Waals surface area contributed by atoms with Crippen LogP contribution in [0.5, 0.6) is 5.88 Å². The molecule has 32 heavy (non-hydrogen) atoms. The van der Waals surface area contributed by atoms with Crippen molar-refractivity contribution in [2.75, 3.05) is 13.1 Å². The first kappa shape index (κ1) is 20.3. The molecule has 1 aliphatic heterocycles. The van der Waals surface area contributed by atoms with E-state index >= 15 is 0 Å². The number of rotatable bonds is 4. The highest BCUT2D eigenvalue weighted by molar-refractivity contribution is 5.85. The summed E-state index contributed by atoms with van der Waals surface area (Å²) in [5.41, 5.74) is 2.94. The van der Waals surface area contributed by atoms with Gasteiger partial charge < -0.3 is 10.1 Å². The number of fused-ring (bicyclic) bond motifs is 3. The average Bonchev–Trinajstić information content (AvgIpc) is 3.18. The van der Waals surface area contributed by atoms with Gasteiger partial charge >= 0.3 is 5.69 Å². The molecule has 0 aliphatic carbocycles. The summed E-state index contributed by atoms with van der Waals surface area (Å²) in [6.07, 6.45) is 0.850. The molecule has 0 saturated heterocycles. The van der Waals surface area contributed by atoms with Gasteiger partial charge in [0.2, 0.25) is 5.88 Å². The number of H-pyrrole nitrogens is 2. The first-order chi connectivity index (χ1) is 15.5. The Balaban J connectivity index is 1.74. The van der Waals surface area contributed by atoms with Gasteiger partial charge in [-0.2, -0.15) is 0 Å². The predicted molar refractivity (Wildman–Crippen MR) is 124 cm³/mol. The van der Waals surface area contributed by atoms with E-state index in [2.05, 4.69) is 20.9 Å². The van der Waals surface area contributed by atoms with Crippen molar-refractivity contribution in [1.29, 1.82) is 0 Å². The molecule has 7 heteroatoms. The van der Waals surface area contributed by atoms with Crippen molar-refractivity contribution in [3.05, 3.63) is 97.8 Å². The van der Waals surface area contributed by atoms with Crippen LogP contribution in [0.25, 0.3) is 10.9 Å². The van der Waals surface area contributed by atoms with E-state index in [4.69, 9.17) is 0 Å². The normalized spacial score (nSPS) is 17.4. The zero-order valence-electron chi connectivity index (χ0n) is 18.1. The Bertz CT molecular complexity index is 1400. The van der Waals surface area contributed by atoms with E-state index in [1.807, 2.05) is 62.4 Å². The monoisotopic (exact) mass is 430 g/mol. The summed E-state index contributed by atoms with van der Waals surface area (Å²) in [5, 5.41) is 12.5. The molecule has 7 nitrogen and oxygen atoms in total. The lowest BCUT2D eigenvalue weighted by Crippen LogP contribution is -2.42. The van der Waals surface area contributed by atoms with E-state index in [0.29, 0.717) is 6.54 Å². The molecule has 0 saturated carbocycles. The van der Waals surface area contributed by atoms with Crippen molar-refractivity contribution in [1.82, 2.24) is 19.4 Å². The zero-order chi connectivity index (χ0) is 22.4. The van der Waals surface area contributed by atoms with E-state index in [1.54, 1.807) is 0 Å². The highest BCUT2D eigenvalue weighted by Gasteiger charge is 2.36. The number of aromatic amines is 2. The van der Waals surface area contributed by atoms with Crippen LogP contribution in [0.1, 0.15) is 48.3 Å². The summed E-state index contributed by atoms with van der Waals surface area (Å²) in [5.74, 6) is -0.287. The van der Waals surface area contributed by atoms with Crippen LogP contribution >= 0.6 is 0 Å². The van der Waals surface area contributed by atoms with Crippen molar-refractivity contribution in [3.8, 4) is 5.88 Å². The minimum atomic E-state index is -0.622. The van der Waals surface area contributed by atoms with E-state index in [9.17, 15) is 14.7 Å². The SMILES string of the molecule is CCN1CCc2c([nH]c3ccccc23)[C@@H]1c1c(O)n([C@@H](C)c2ccccc2)c(=O)[nH]c1=O. The maximum Gasteiger partial charge on any atom is 0.331 e. The molecule has 0 spiro atoms. The van der Waals surface area contributed by atoms with E-state index < -0.39 is 23.3 Å². The summed E-state index contributed by atoms with van der Waals surface area (Å²) >= 11 is 0.